The topological polar surface area (TPSA) is 79.3 Å². The van der Waals surface area contributed by atoms with E-state index < -0.39 is 6.09 Å². The molecule has 156 valence electrons. The Morgan fingerprint density at radius 1 is 1.36 bits per heavy atom. The Morgan fingerprint density at radius 2 is 2.07 bits per heavy atom. The molecule has 28 heavy (non-hydrogen) atoms. The number of benzene rings is 1. The van der Waals surface area contributed by atoms with Crippen LogP contribution in [-0.4, -0.2) is 50.6 Å². The average molecular weight is 411 g/mol. The van der Waals surface area contributed by atoms with E-state index in [9.17, 15) is 14.7 Å². The van der Waals surface area contributed by atoms with Crippen molar-refractivity contribution in [3.8, 4) is 5.75 Å². The van der Waals surface area contributed by atoms with Gasteiger partial charge >= 0.3 is 12.1 Å². The molecule has 0 fully saturated rings. The number of carboxylic acid groups (broad SMARTS) is 1. The van der Waals surface area contributed by atoms with Gasteiger partial charge in [0.1, 0.15) is 11.4 Å². The smallest absolute Gasteiger partial charge is 0.418 e. The van der Waals surface area contributed by atoms with Crippen LogP contribution in [0.5, 0.6) is 5.75 Å². The van der Waals surface area contributed by atoms with Crippen LogP contribution in [0.25, 0.3) is 0 Å². The van der Waals surface area contributed by atoms with Crippen molar-refractivity contribution in [3.63, 3.8) is 0 Å². The number of nitrogens with zero attached hydrogens (tertiary/aromatic N) is 2. The normalized spacial score (nSPS) is 14.7. The summed E-state index contributed by atoms with van der Waals surface area (Å²) in [6.07, 6.45) is -0.0277. The fraction of sp³-hybridized carbons (Fsp3) is 0.600. The van der Waals surface area contributed by atoms with E-state index in [-0.39, 0.29) is 30.6 Å². The zero-order chi connectivity index (χ0) is 20.9. The van der Waals surface area contributed by atoms with Gasteiger partial charge in [-0.3, -0.25) is 4.79 Å². The van der Waals surface area contributed by atoms with Crippen LogP contribution in [0.4, 0.5) is 4.79 Å². The van der Waals surface area contributed by atoms with Crippen molar-refractivity contribution in [2.24, 2.45) is 0 Å². The van der Waals surface area contributed by atoms with Crippen molar-refractivity contribution in [1.82, 2.24) is 8.61 Å². The molecular weight excluding hydrogens is 380 g/mol. The molecule has 0 atom stereocenters. The first-order valence-corrected chi connectivity index (χ1v) is 10.3. The molecule has 0 spiro atoms. The van der Waals surface area contributed by atoms with E-state index in [1.807, 2.05) is 50.2 Å². The van der Waals surface area contributed by atoms with Crippen molar-refractivity contribution in [1.29, 1.82) is 0 Å². The van der Waals surface area contributed by atoms with Crippen molar-refractivity contribution >= 4 is 24.2 Å². The molecule has 0 unspecified atom stereocenters. The van der Waals surface area contributed by atoms with Crippen LogP contribution in [0, 0.1) is 0 Å². The quantitative estimate of drug-likeness (QED) is 0.485. The second-order valence-corrected chi connectivity index (χ2v) is 8.71. The lowest BCUT2D eigenvalue weighted by Crippen LogP contribution is -2.34. The van der Waals surface area contributed by atoms with Gasteiger partial charge in [0.05, 0.1) is 19.6 Å². The summed E-state index contributed by atoms with van der Waals surface area (Å²) in [6, 6.07) is 5.91. The second kappa shape index (κ2) is 9.52. The Hall–Kier alpha value is -1.93. The molecule has 2 rings (SSSR count). The number of hydrogen-bond donors (Lipinski definition) is 1. The number of hydrogen-bond acceptors (Lipinski definition) is 6. The standard InChI is InChI=1S/C20H30N2O5S/c1-6-26-17(23)10-11-21(14(2)3)28-22(19(24)25)13-16-9-7-8-15-12-20(4,5)27-18(15)16/h7-9,14H,6,10-13H2,1-5H3,(H,24,25). The number of carbonyl (C=O) groups excluding carboxylic acids is 1. The molecule has 7 nitrogen and oxygen atoms in total. The highest BCUT2D eigenvalue weighted by Gasteiger charge is 2.32. The molecule has 0 aliphatic carbocycles. The third-order valence-electron chi connectivity index (χ3n) is 4.32. The van der Waals surface area contributed by atoms with Crippen LogP contribution in [0.3, 0.4) is 0 Å². The molecule has 0 saturated carbocycles. The van der Waals surface area contributed by atoms with Crippen molar-refractivity contribution in [2.45, 2.75) is 65.6 Å². The van der Waals surface area contributed by atoms with Crippen molar-refractivity contribution < 1.29 is 24.2 Å². The molecule has 1 heterocycles. The maximum atomic E-state index is 11.9. The van der Waals surface area contributed by atoms with Crippen LogP contribution >= 0.6 is 12.1 Å². The molecular formula is C20H30N2O5S. The molecule has 0 saturated heterocycles. The summed E-state index contributed by atoms with van der Waals surface area (Å²) < 4.78 is 14.2. The molecule has 1 amide bonds. The molecule has 1 aromatic carbocycles. The third-order valence-corrected chi connectivity index (χ3v) is 5.62. The van der Waals surface area contributed by atoms with Crippen LogP contribution in [0.1, 0.15) is 52.2 Å². The molecule has 0 aromatic heterocycles. The number of fused-ring (bicyclic) bond motifs is 1. The van der Waals surface area contributed by atoms with Gasteiger partial charge in [0, 0.05) is 36.7 Å². The number of esters is 1. The van der Waals surface area contributed by atoms with Gasteiger partial charge in [-0.05, 0) is 40.2 Å². The van der Waals surface area contributed by atoms with Gasteiger partial charge in [-0.15, -0.1) is 0 Å². The summed E-state index contributed by atoms with van der Waals surface area (Å²) in [7, 11) is 0. The SMILES string of the molecule is CCOC(=O)CCN(SN(Cc1cccc2c1OC(C)(C)C2)C(=O)O)C(C)C. The predicted octanol–water partition coefficient (Wildman–Crippen LogP) is 4.11. The minimum Gasteiger partial charge on any atom is -0.487 e. The molecule has 1 aliphatic rings. The Balaban J connectivity index is 2.10. The lowest BCUT2D eigenvalue weighted by molar-refractivity contribution is -0.143. The summed E-state index contributed by atoms with van der Waals surface area (Å²) in [5.74, 6) is 0.495. The number of carbonyl (C=O) groups is 2. The lowest BCUT2D eigenvalue weighted by atomic mass is 10.0. The van der Waals surface area contributed by atoms with Gasteiger partial charge in [-0.25, -0.2) is 13.4 Å². The first-order chi connectivity index (χ1) is 13.1. The summed E-state index contributed by atoms with van der Waals surface area (Å²) in [5, 5.41) is 9.72. The van der Waals surface area contributed by atoms with Crippen LogP contribution in [-0.2, 0) is 22.5 Å². The zero-order valence-electron chi connectivity index (χ0n) is 17.2. The first-order valence-electron chi connectivity index (χ1n) is 9.53. The molecule has 1 N–H and O–H groups in total. The van der Waals surface area contributed by atoms with Gasteiger partial charge < -0.3 is 14.6 Å². The molecule has 0 bridgehead atoms. The van der Waals surface area contributed by atoms with Gasteiger partial charge in [0.15, 0.2) is 0 Å². The minimum atomic E-state index is -1.04. The highest BCUT2D eigenvalue weighted by molar-refractivity contribution is 7.95. The monoisotopic (exact) mass is 410 g/mol. The Kier molecular flexibility index (Phi) is 7.60. The van der Waals surface area contributed by atoms with E-state index in [1.165, 1.54) is 4.31 Å². The molecule has 0 radical (unpaired) electrons. The molecule has 1 aromatic rings. The minimum absolute atomic E-state index is 0.0537. The van der Waals surface area contributed by atoms with Crippen LogP contribution in [0.15, 0.2) is 18.2 Å². The summed E-state index contributed by atoms with van der Waals surface area (Å²) in [5.41, 5.74) is 1.65. The zero-order valence-corrected chi connectivity index (χ0v) is 18.0. The molecule has 8 heteroatoms. The van der Waals surface area contributed by atoms with Gasteiger partial charge in [0.25, 0.3) is 0 Å². The Bertz CT molecular complexity index is 708. The predicted molar refractivity (Wildman–Crippen MR) is 109 cm³/mol. The third kappa shape index (κ3) is 6.04. The van der Waals surface area contributed by atoms with Crippen molar-refractivity contribution in [2.75, 3.05) is 13.2 Å². The maximum Gasteiger partial charge on any atom is 0.418 e. The number of rotatable bonds is 9. The van der Waals surface area contributed by atoms with E-state index in [1.54, 1.807) is 6.92 Å². The largest absolute Gasteiger partial charge is 0.487 e. The van der Waals surface area contributed by atoms with Crippen LogP contribution < -0.4 is 4.74 Å². The Morgan fingerprint density at radius 3 is 2.68 bits per heavy atom. The molecule has 1 aliphatic heterocycles. The van der Waals surface area contributed by atoms with E-state index in [4.69, 9.17) is 9.47 Å². The summed E-state index contributed by atoms with van der Waals surface area (Å²) in [6.45, 7) is 10.7. The highest BCUT2D eigenvalue weighted by Crippen LogP contribution is 2.38. The maximum absolute atomic E-state index is 11.9. The van der Waals surface area contributed by atoms with E-state index in [0.717, 1.165) is 35.4 Å². The highest BCUT2D eigenvalue weighted by atomic mass is 32.2. The van der Waals surface area contributed by atoms with E-state index >= 15 is 0 Å². The Labute approximate surface area is 171 Å². The number of amides is 1. The fourth-order valence-electron chi connectivity index (χ4n) is 3.04. The lowest BCUT2D eigenvalue weighted by Gasteiger charge is -2.29. The first kappa shape index (κ1) is 22.4. The van der Waals surface area contributed by atoms with Gasteiger partial charge in [-0.1, -0.05) is 18.2 Å². The van der Waals surface area contributed by atoms with Crippen LogP contribution in [0.2, 0.25) is 0 Å². The van der Waals surface area contributed by atoms with E-state index in [0.29, 0.717) is 13.2 Å². The summed E-state index contributed by atoms with van der Waals surface area (Å²) >= 11 is 1.11. The fourth-order valence-corrected chi connectivity index (χ4v) is 3.93. The second-order valence-electron chi connectivity index (χ2n) is 7.63. The number of para-hydroxylation sites is 1. The number of ether oxygens (including phenoxy) is 2. The van der Waals surface area contributed by atoms with Crippen molar-refractivity contribution in [3.05, 3.63) is 29.3 Å². The summed E-state index contributed by atoms with van der Waals surface area (Å²) in [4.78, 5) is 23.5. The average Bonchev–Trinajstić information content (AvgIpc) is 2.92. The van der Waals surface area contributed by atoms with E-state index in [2.05, 4.69) is 0 Å². The van der Waals surface area contributed by atoms with Gasteiger partial charge in [0.2, 0.25) is 0 Å². The van der Waals surface area contributed by atoms with Gasteiger partial charge in [-0.2, -0.15) is 0 Å².